The summed E-state index contributed by atoms with van der Waals surface area (Å²) in [5, 5.41) is 17.4. The molecule has 0 aromatic carbocycles. The monoisotopic (exact) mass is 328 g/mol. The van der Waals surface area contributed by atoms with Crippen LogP contribution in [0.5, 0.6) is 0 Å². The number of rotatable bonds is 5. The Kier molecular flexibility index (Phi) is 4.71. The van der Waals surface area contributed by atoms with Gasteiger partial charge in [-0.15, -0.1) is 0 Å². The van der Waals surface area contributed by atoms with Crippen LogP contribution in [-0.2, 0) is 0 Å². The van der Waals surface area contributed by atoms with Crippen LogP contribution in [0.2, 0.25) is 0 Å². The summed E-state index contributed by atoms with van der Waals surface area (Å²) in [5.41, 5.74) is 0.636. The molecular weight excluding hydrogens is 312 g/mol. The largest absolute Gasteiger partial charge is 0.369 e. The van der Waals surface area contributed by atoms with E-state index in [0.29, 0.717) is 21.9 Å². The van der Waals surface area contributed by atoms with Crippen LogP contribution >= 0.6 is 15.9 Å². The van der Waals surface area contributed by atoms with Gasteiger partial charge in [-0.3, -0.25) is 10.1 Å². The number of anilines is 1. The number of aromatic nitrogens is 1. The van der Waals surface area contributed by atoms with Crippen LogP contribution in [0.1, 0.15) is 24.8 Å². The number of nitro groups is 1. The fourth-order valence-corrected chi connectivity index (χ4v) is 2.69. The van der Waals surface area contributed by atoms with Gasteiger partial charge in [0.05, 0.1) is 9.40 Å². The first-order chi connectivity index (χ1) is 9.09. The quantitative estimate of drug-likeness (QED) is 0.641. The zero-order valence-corrected chi connectivity index (χ0v) is 12.4. The minimum Gasteiger partial charge on any atom is -0.369 e. The smallest absolute Gasteiger partial charge is 0.291 e. The lowest BCUT2D eigenvalue weighted by atomic mass is 10.1. The van der Waals surface area contributed by atoms with Gasteiger partial charge in [0.25, 0.3) is 5.69 Å². The SMILES string of the molecule is Cc1c([N+](=O)[O-])cnc(NCC[C@@H]2CCCN2)c1Br. The maximum Gasteiger partial charge on any atom is 0.291 e. The van der Waals surface area contributed by atoms with Gasteiger partial charge in [-0.25, -0.2) is 4.98 Å². The predicted octanol–water partition coefficient (Wildman–Crippen LogP) is 2.61. The Labute approximate surface area is 120 Å². The lowest BCUT2D eigenvalue weighted by Crippen LogP contribution is -2.24. The van der Waals surface area contributed by atoms with E-state index in [1.165, 1.54) is 19.0 Å². The van der Waals surface area contributed by atoms with Crippen molar-refractivity contribution in [3.8, 4) is 0 Å². The normalized spacial score (nSPS) is 18.5. The molecule has 2 rings (SSSR count). The van der Waals surface area contributed by atoms with Crippen molar-refractivity contribution in [3.63, 3.8) is 0 Å². The second kappa shape index (κ2) is 6.29. The molecule has 0 unspecified atom stereocenters. The van der Waals surface area contributed by atoms with Crippen LogP contribution in [0.3, 0.4) is 0 Å². The highest BCUT2D eigenvalue weighted by atomic mass is 79.9. The lowest BCUT2D eigenvalue weighted by Gasteiger charge is -2.12. The highest BCUT2D eigenvalue weighted by molar-refractivity contribution is 9.10. The third-order valence-corrected chi connectivity index (χ3v) is 4.35. The molecule has 0 spiro atoms. The molecule has 0 amide bonds. The highest BCUT2D eigenvalue weighted by Gasteiger charge is 2.18. The zero-order chi connectivity index (χ0) is 13.8. The Balaban J connectivity index is 1.96. The molecule has 104 valence electrons. The van der Waals surface area contributed by atoms with E-state index in [0.717, 1.165) is 19.5 Å². The summed E-state index contributed by atoms with van der Waals surface area (Å²) in [6, 6.07) is 0.574. The second-order valence-electron chi connectivity index (χ2n) is 4.70. The second-order valence-corrected chi connectivity index (χ2v) is 5.49. The lowest BCUT2D eigenvalue weighted by molar-refractivity contribution is -0.385. The Bertz CT molecular complexity index is 475. The van der Waals surface area contributed by atoms with Gasteiger partial charge in [0.15, 0.2) is 0 Å². The zero-order valence-electron chi connectivity index (χ0n) is 10.8. The van der Waals surface area contributed by atoms with Crippen molar-refractivity contribution in [1.29, 1.82) is 0 Å². The maximum absolute atomic E-state index is 10.8. The van der Waals surface area contributed by atoms with E-state index >= 15 is 0 Å². The Morgan fingerprint density at radius 3 is 3.11 bits per heavy atom. The topological polar surface area (TPSA) is 80.1 Å². The van der Waals surface area contributed by atoms with E-state index in [2.05, 4.69) is 31.5 Å². The number of pyridine rings is 1. The average Bonchev–Trinajstić information content (AvgIpc) is 2.87. The summed E-state index contributed by atoms with van der Waals surface area (Å²) in [6.45, 7) is 3.62. The molecule has 1 aliphatic rings. The number of hydrogen-bond acceptors (Lipinski definition) is 5. The summed E-state index contributed by atoms with van der Waals surface area (Å²) >= 11 is 3.37. The van der Waals surface area contributed by atoms with Crippen LogP contribution in [-0.4, -0.2) is 29.0 Å². The van der Waals surface area contributed by atoms with Crippen molar-refractivity contribution in [3.05, 3.63) is 26.3 Å². The van der Waals surface area contributed by atoms with Gasteiger partial charge in [-0.05, 0) is 48.7 Å². The van der Waals surface area contributed by atoms with Crippen molar-refractivity contribution in [1.82, 2.24) is 10.3 Å². The minimum absolute atomic E-state index is 0.0369. The van der Waals surface area contributed by atoms with Crippen LogP contribution in [0.15, 0.2) is 10.7 Å². The summed E-state index contributed by atoms with van der Waals surface area (Å²) in [6.07, 6.45) is 4.79. The van der Waals surface area contributed by atoms with E-state index in [1.807, 2.05) is 0 Å². The molecule has 0 bridgehead atoms. The molecule has 6 nitrogen and oxygen atoms in total. The van der Waals surface area contributed by atoms with E-state index in [4.69, 9.17) is 0 Å². The average molecular weight is 329 g/mol. The molecular formula is C12H17BrN4O2. The number of hydrogen-bond donors (Lipinski definition) is 2. The maximum atomic E-state index is 10.8. The molecule has 7 heteroatoms. The molecule has 1 aliphatic heterocycles. The molecule has 1 saturated heterocycles. The molecule has 0 saturated carbocycles. The van der Waals surface area contributed by atoms with Gasteiger partial charge in [0.1, 0.15) is 12.0 Å². The van der Waals surface area contributed by atoms with Crippen LogP contribution in [0.4, 0.5) is 11.5 Å². The molecule has 1 aromatic heterocycles. The fourth-order valence-electron chi connectivity index (χ4n) is 2.24. The molecule has 1 fully saturated rings. The molecule has 0 aliphatic carbocycles. The highest BCUT2D eigenvalue weighted by Crippen LogP contribution is 2.30. The summed E-state index contributed by atoms with van der Waals surface area (Å²) < 4.78 is 0.668. The Morgan fingerprint density at radius 2 is 2.47 bits per heavy atom. The van der Waals surface area contributed by atoms with E-state index in [1.54, 1.807) is 6.92 Å². The van der Waals surface area contributed by atoms with Crippen molar-refractivity contribution < 1.29 is 4.92 Å². The van der Waals surface area contributed by atoms with Crippen molar-refractivity contribution in [2.45, 2.75) is 32.2 Å². The van der Waals surface area contributed by atoms with Crippen molar-refractivity contribution in [2.24, 2.45) is 0 Å². The first-order valence-corrected chi connectivity index (χ1v) is 7.15. The third-order valence-electron chi connectivity index (χ3n) is 3.38. The van der Waals surface area contributed by atoms with Crippen molar-refractivity contribution >= 4 is 27.4 Å². The first kappa shape index (κ1) is 14.2. The Morgan fingerprint density at radius 1 is 1.68 bits per heavy atom. The van der Waals surface area contributed by atoms with Crippen LogP contribution < -0.4 is 10.6 Å². The van der Waals surface area contributed by atoms with Gasteiger partial charge in [-0.1, -0.05) is 0 Å². The van der Waals surface area contributed by atoms with Gasteiger partial charge in [-0.2, -0.15) is 0 Å². The van der Waals surface area contributed by atoms with Crippen molar-refractivity contribution in [2.75, 3.05) is 18.4 Å². The molecule has 1 atom stereocenters. The van der Waals surface area contributed by atoms with Gasteiger partial charge < -0.3 is 10.6 Å². The minimum atomic E-state index is -0.417. The van der Waals surface area contributed by atoms with Gasteiger partial charge >= 0.3 is 0 Å². The standard InChI is InChI=1S/C12H17BrN4O2/c1-8-10(17(18)19)7-16-12(11(8)13)15-6-4-9-3-2-5-14-9/h7,9,14H,2-6H2,1H3,(H,15,16)/t9-/m0/s1. The summed E-state index contributed by atoms with van der Waals surface area (Å²) in [4.78, 5) is 14.5. The van der Waals surface area contributed by atoms with Crippen LogP contribution in [0.25, 0.3) is 0 Å². The number of nitrogens with zero attached hydrogens (tertiary/aromatic N) is 2. The predicted molar refractivity (Wildman–Crippen MR) is 77.5 cm³/mol. The molecule has 2 heterocycles. The summed E-state index contributed by atoms with van der Waals surface area (Å²) in [5.74, 6) is 0.668. The summed E-state index contributed by atoms with van der Waals surface area (Å²) in [7, 11) is 0. The third kappa shape index (κ3) is 3.42. The van der Waals surface area contributed by atoms with Crippen LogP contribution in [0, 0.1) is 17.0 Å². The molecule has 2 N–H and O–H groups in total. The number of nitrogens with one attached hydrogen (secondary N) is 2. The van der Waals surface area contributed by atoms with E-state index < -0.39 is 4.92 Å². The van der Waals surface area contributed by atoms with E-state index in [-0.39, 0.29) is 5.69 Å². The fraction of sp³-hybridized carbons (Fsp3) is 0.583. The van der Waals surface area contributed by atoms with E-state index in [9.17, 15) is 10.1 Å². The molecule has 0 radical (unpaired) electrons. The molecule has 19 heavy (non-hydrogen) atoms. The van der Waals surface area contributed by atoms with Gasteiger partial charge in [0.2, 0.25) is 0 Å². The Hall–Kier alpha value is -1.21. The van der Waals surface area contributed by atoms with Gasteiger partial charge in [0, 0.05) is 18.2 Å². The molecule has 1 aromatic rings. The number of halogens is 1. The first-order valence-electron chi connectivity index (χ1n) is 6.36.